The van der Waals surface area contributed by atoms with E-state index >= 15 is 0 Å². The summed E-state index contributed by atoms with van der Waals surface area (Å²) >= 11 is 6.01. The molecule has 0 saturated carbocycles. The van der Waals surface area contributed by atoms with E-state index in [2.05, 4.69) is 0 Å². The fourth-order valence-electron chi connectivity index (χ4n) is 3.79. The lowest BCUT2D eigenvalue weighted by Gasteiger charge is -2.39. The summed E-state index contributed by atoms with van der Waals surface area (Å²) in [6, 6.07) is 23.2. The molecule has 0 radical (unpaired) electrons. The Morgan fingerprint density at radius 3 is 2.15 bits per heavy atom. The number of halogens is 1. The van der Waals surface area contributed by atoms with E-state index in [1.54, 1.807) is 73.8 Å². The lowest BCUT2D eigenvalue weighted by Crippen LogP contribution is -2.60. The molecule has 2 N–H and O–H groups in total. The van der Waals surface area contributed by atoms with Crippen LogP contribution in [-0.2, 0) is 10.0 Å². The summed E-state index contributed by atoms with van der Waals surface area (Å²) in [5.41, 5.74) is 7.11. The highest BCUT2D eigenvalue weighted by Gasteiger charge is 2.51. The Balaban J connectivity index is 1.79. The molecule has 0 bridgehead atoms. The second-order valence-corrected chi connectivity index (χ2v) is 10.5. The van der Waals surface area contributed by atoms with Gasteiger partial charge in [-0.1, -0.05) is 29.8 Å². The molecule has 3 aromatic rings. The highest BCUT2D eigenvalue weighted by molar-refractivity contribution is 7.91. The van der Waals surface area contributed by atoms with Crippen LogP contribution in [0.1, 0.15) is 6.92 Å². The third-order valence-corrected chi connectivity index (χ3v) is 7.99. The van der Waals surface area contributed by atoms with Gasteiger partial charge in [0, 0.05) is 35.3 Å². The molecule has 0 fully saturated rings. The van der Waals surface area contributed by atoms with Crippen LogP contribution in [0.2, 0.25) is 5.02 Å². The van der Waals surface area contributed by atoms with Crippen LogP contribution in [0.15, 0.2) is 103 Å². The van der Waals surface area contributed by atoms with Gasteiger partial charge in [-0.25, -0.2) is 0 Å². The summed E-state index contributed by atoms with van der Waals surface area (Å²) in [7, 11) is -3.77. The molecule has 4 rings (SSSR count). The number of rotatable bonds is 8. The van der Waals surface area contributed by atoms with Gasteiger partial charge in [-0.2, -0.15) is 8.42 Å². The molecular formula is C26H26ClN2O4S+. The highest BCUT2D eigenvalue weighted by Crippen LogP contribution is 2.39. The molecule has 0 spiro atoms. The number of benzene rings is 3. The Kier molecular flexibility index (Phi) is 7.09. The number of para-hydroxylation sites is 1. The van der Waals surface area contributed by atoms with Crippen LogP contribution in [0.5, 0.6) is 17.2 Å². The fourth-order valence-corrected chi connectivity index (χ4v) is 5.52. The van der Waals surface area contributed by atoms with Crippen molar-refractivity contribution in [3.05, 3.63) is 108 Å². The summed E-state index contributed by atoms with van der Waals surface area (Å²) in [6.07, 6.45) is 4.32. The van der Waals surface area contributed by atoms with Crippen LogP contribution in [0, 0.1) is 0 Å². The standard InChI is InChI=1S/C26H26ClN2O4S/c1-2-34(30,31)29(22-11-15-24(16-12-22)32-23-6-4-3-5-7-23)19-20(18-28)8-17-26(29)33-25-13-9-21(27)10-14-25/h3-17,19,26H,2,18,28H2,1H3/q+1. The normalized spacial score (nSPS) is 20.0. The van der Waals surface area contributed by atoms with Gasteiger partial charge in [-0.15, -0.1) is 3.89 Å². The van der Waals surface area contributed by atoms with Crippen LogP contribution < -0.4 is 19.1 Å². The molecule has 6 nitrogen and oxygen atoms in total. The molecule has 0 saturated heterocycles. The minimum absolute atomic E-state index is 0.0993. The summed E-state index contributed by atoms with van der Waals surface area (Å²) in [5.74, 6) is 1.68. The van der Waals surface area contributed by atoms with E-state index in [1.165, 1.54) is 0 Å². The second kappa shape index (κ2) is 10.0. The van der Waals surface area contributed by atoms with Crippen LogP contribution in [-0.4, -0.2) is 26.9 Å². The van der Waals surface area contributed by atoms with Crippen molar-refractivity contribution in [2.45, 2.75) is 13.2 Å². The number of nitrogens with two attached hydrogens (primary N) is 1. The molecule has 0 aromatic heterocycles. The van der Waals surface area contributed by atoms with Gasteiger partial charge in [0.2, 0.25) is 0 Å². The van der Waals surface area contributed by atoms with Crippen molar-refractivity contribution in [2.24, 2.45) is 5.73 Å². The largest absolute Gasteiger partial charge is 0.457 e. The summed E-state index contributed by atoms with van der Waals surface area (Å²) in [4.78, 5) is 0. The molecule has 8 heteroatoms. The minimum Gasteiger partial charge on any atom is -0.457 e. The molecule has 34 heavy (non-hydrogen) atoms. The zero-order chi connectivity index (χ0) is 24.2. The van der Waals surface area contributed by atoms with E-state index in [9.17, 15) is 8.42 Å². The molecule has 1 aliphatic heterocycles. The first-order valence-corrected chi connectivity index (χ1v) is 12.8. The zero-order valence-electron chi connectivity index (χ0n) is 18.7. The van der Waals surface area contributed by atoms with Gasteiger partial charge in [0.1, 0.15) is 23.4 Å². The van der Waals surface area contributed by atoms with Gasteiger partial charge in [0.25, 0.3) is 6.23 Å². The Bertz CT molecular complexity index is 1290. The van der Waals surface area contributed by atoms with Crippen LogP contribution in [0.25, 0.3) is 0 Å². The Morgan fingerprint density at radius 1 is 0.912 bits per heavy atom. The number of quaternary nitrogens is 1. The minimum atomic E-state index is -3.77. The summed E-state index contributed by atoms with van der Waals surface area (Å²) in [6.45, 7) is 1.81. The van der Waals surface area contributed by atoms with Gasteiger partial charge in [0.15, 0.2) is 5.69 Å². The van der Waals surface area contributed by atoms with Crippen molar-refractivity contribution in [1.82, 2.24) is 3.89 Å². The first-order chi connectivity index (χ1) is 16.4. The number of ether oxygens (including phenoxy) is 2. The van der Waals surface area contributed by atoms with Crippen molar-refractivity contribution < 1.29 is 17.9 Å². The lowest BCUT2D eigenvalue weighted by molar-refractivity contribution is 0.160. The molecule has 1 aliphatic rings. The van der Waals surface area contributed by atoms with Crippen molar-refractivity contribution in [3.63, 3.8) is 0 Å². The predicted octanol–water partition coefficient (Wildman–Crippen LogP) is 5.61. The molecule has 3 aromatic carbocycles. The maximum Gasteiger partial charge on any atom is 0.309 e. The third kappa shape index (κ3) is 4.74. The van der Waals surface area contributed by atoms with E-state index in [0.29, 0.717) is 33.5 Å². The average Bonchev–Trinajstić information content (AvgIpc) is 2.86. The summed E-state index contributed by atoms with van der Waals surface area (Å²) in [5, 5.41) is 0.563. The number of nitrogens with zero attached hydrogens (tertiary/aromatic N) is 1. The highest BCUT2D eigenvalue weighted by atomic mass is 35.5. The molecule has 0 amide bonds. The maximum absolute atomic E-state index is 13.7. The Morgan fingerprint density at radius 2 is 1.53 bits per heavy atom. The molecule has 2 unspecified atom stereocenters. The summed E-state index contributed by atoms with van der Waals surface area (Å²) < 4.78 is 38.9. The van der Waals surface area contributed by atoms with E-state index in [-0.39, 0.29) is 12.3 Å². The van der Waals surface area contributed by atoms with Gasteiger partial charge < -0.3 is 15.2 Å². The Hall–Kier alpha value is -3.10. The number of hydrogen-bond donors (Lipinski definition) is 1. The molecule has 2 atom stereocenters. The van der Waals surface area contributed by atoms with Crippen LogP contribution >= 0.6 is 11.6 Å². The third-order valence-electron chi connectivity index (χ3n) is 5.56. The molecule has 0 aliphatic carbocycles. The first-order valence-electron chi connectivity index (χ1n) is 10.8. The van der Waals surface area contributed by atoms with E-state index in [4.69, 9.17) is 26.8 Å². The average molecular weight is 498 g/mol. The molecule has 176 valence electrons. The fraction of sp³-hybridized carbons (Fsp3) is 0.154. The molecular weight excluding hydrogens is 472 g/mol. The maximum atomic E-state index is 13.7. The molecule has 1 heterocycles. The van der Waals surface area contributed by atoms with Crippen molar-refractivity contribution in [2.75, 3.05) is 12.3 Å². The van der Waals surface area contributed by atoms with Crippen molar-refractivity contribution in [1.29, 1.82) is 0 Å². The predicted molar refractivity (Wildman–Crippen MR) is 136 cm³/mol. The van der Waals surface area contributed by atoms with Gasteiger partial charge in [-0.05, 0) is 61.5 Å². The van der Waals surface area contributed by atoms with Crippen LogP contribution in [0.4, 0.5) is 5.69 Å². The van der Waals surface area contributed by atoms with E-state index in [0.717, 1.165) is 0 Å². The SMILES string of the molecule is CCS(=O)(=O)[N+]1(c2ccc(Oc3ccccc3)cc2)C=C(CN)C=CC1Oc1ccc(Cl)cc1. The smallest absolute Gasteiger partial charge is 0.309 e. The topological polar surface area (TPSA) is 78.6 Å². The van der Waals surface area contributed by atoms with Gasteiger partial charge >= 0.3 is 10.0 Å². The van der Waals surface area contributed by atoms with Crippen LogP contribution in [0.3, 0.4) is 0 Å². The van der Waals surface area contributed by atoms with Gasteiger partial charge in [-0.3, -0.25) is 0 Å². The van der Waals surface area contributed by atoms with E-state index < -0.39 is 20.1 Å². The quantitative estimate of drug-likeness (QED) is 0.409. The lowest BCUT2D eigenvalue weighted by atomic mass is 10.1. The van der Waals surface area contributed by atoms with Gasteiger partial charge in [0.05, 0.1) is 5.75 Å². The first kappa shape index (κ1) is 24.0. The van der Waals surface area contributed by atoms with Crippen molar-refractivity contribution in [3.8, 4) is 17.2 Å². The number of sulfonamides is 1. The monoisotopic (exact) mass is 497 g/mol. The second-order valence-electron chi connectivity index (χ2n) is 7.72. The zero-order valence-corrected chi connectivity index (χ0v) is 20.2. The number of hydrogen-bond acceptors (Lipinski definition) is 5. The Labute approximate surface area is 205 Å². The van der Waals surface area contributed by atoms with E-state index in [1.807, 2.05) is 30.3 Å². The van der Waals surface area contributed by atoms with Crippen molar-refractivity contribution >= 4 is 27.3 Å².